The summed E-state index contributed by atoms with van der Waals surface area (Å²) in [5.41, 5.74) is 0. The summed E-state index contributed by atoms with van der Waals surface area (Å²) >= 11 is 0. The first-order valence-electron chi connectivity index (χ1n) is 4.94. The Labute approximate surface area is 94.5 Å². The fraction of sp³-hybridized carbons (Fsp3) is 0.800. The van der Waals surface area contributed by atoms with Crippen LogP contribution in [0.2, 0.25) is 0 Å². The highest BCUT2D eigenvalue weighted by molar-refractivity contribution is 5.66. The minimum atomic E-state index is -0.833. The topological polar surface area (TPSA) is 82.1 Å². The molecule has 0 saturated carbocycles. The summed E-state index contributed by atoms with van der Waals surface area (Å²) in [7, 11) is 1.62. The molecule has 0 aromatic heterocycles. The Morgan fingerprint density at radius 3 is 2.31 bits per heavy atom. The second-order valence-electron chi connectivity index (χ2n) is 3.30. The molecule has 1 heterocycles. The molecule has 6 nitrogen and oxygen atoms in total. The number of carbonyl (C=O) groups is 2. The summed E-state index contributed by atoms with van der Waals surface area (Å²) in [6.07, 6.45) is 0.540. The summed E-state index contributed by atoms with van der Waals surface area (Å²) in [6, 6.07) is 0. The fourth-order valence-corrected chi connectivity index (χ4v) is 1.28. The Hall–Kier alpha value is -1.14. The smallest absolute Gasteiger partial charge is 0.303 e. The second-order valence-corrected chi connectivity index (χ2v) is 3.30. The lowest BCUT2D eigenvalue weighted by Crippen LogP contribution is -2.40. The zero-order chi connectivity index (χ0) is 12.6. The first-order chi connectivity index (χ1) is 7.47. The van der Waals surface area contributed by atoms with Gasteiger partial charge in [-0.05, 0) is 0 Å². The molecule has 0 aliphatic carbocycles. The van der Waals surface area contributed by atoms with Crippen LogP contribution in [0.3, 0.4) is 0 Å². The van der Waals surface area contributed by atoms with Crippen molar-refractivity contribution in [2.45, 2.75) is 32.5 Å². The average molecular weight is 234 g/mol. The number of aliphatic carboxylic acids is 1. The molecule has 0 amide bonds. The van der Waals surface area contributed by atoms with Crippen molar-refractivity contribution >= 4 is 11.9 Å². The third-order valence-electron chi connectivity index (χ3n) is 1.86. The maximum atomic E-state index is 10.6. The van der Waals surface area contributed by atoms with Crippen LogP contribution < -0.4 is 0 Å². The molecule has 0 bridgehead atoms. The van der Waals surface area contributed by atoms with E-state index in [2.05, 4.69) is 0 Å². The van der Waals surface area contributed by atoms with Gasteiger partial charge in [-0.3, -0.25) is 9.59 Å². The number of rotatable bonds is 2. The van der Waals surface area contributed by atoms with E-state index < -0.39 is 5.97 Å². The van der Waals surface area contributed by atoms with Crippen molar-refractivity contribution in [1.29, 1.82) is 0 Å². The number of carboxylic acids is 1. The largest absolute Gasteiger partial charge is 0.481 e. The van der Waals surface area contributed by atoms with Gasteiger partial charge in [0.05, 0.1) is 12.7 Å². The van der Waals surface area contributed by atoms with Gasteiger partial charge in [-0.2, -0.15) is 0 Å². The lowest BCUT2D eigenvalue weighted by Gasteiger charge is -2.29. The summed E-state index contributed by atoms with van der Waals surface area (Å²) in [5, 5.41) is 7.42. The number of hydrogen-bond donors (Lipinski definition) is 1. The number of hydrogen-bond acceptors (Lipinski definition) is 5. The number of carboxylic acid groups (broad SMARTS) is 1. The molecule has 0 radical (unpaired) electrons. The molecule has 1 N–H and O–H groups in total. The summed E-state index contributed by atoms with van der Waals surface area (Å²) in [4.78, 5) is 19.6. The van der Waals surface area contributed by atoms with E-state index in [0.29, 0.717) is 13.2 Å². The van der Waals surface area contributed by atoms with E-state index in [1.165, 1.54) is 6.92 Å². The van der Waals surface area contributed by atoms with Gasteiger partial charge in [0.15, 0.2) is 6.10 Å². The molecule has 1 fully saturated rings. The molecule has 2 atom stereocenters. The summed E-state index contributed by atoms with van der Waals surface area (Å²) in [5.74, 6) is -1.12. The van der Waals surface area contributed by atoms with Crippen LogP contribution in [0.4, 0.5) is 0 Å². The first-order valence-corrected chi connectivity index (χ1v) is 4.94. The van der Waals surface area contributed by atoms with Crippen molar-refractivity contribution in [3.8, 4) is 0 Å². The van der Waals surface area contributed by atoms with Crippen LogP contribution in [0.1, 0.15) is 20.3 Å². The van der Waals surface area contributed by atoms with Gasteiger partial charge in [-0.15, -0.1) is 0 Å². The van der Waals surface area contributed by atoms with Crippen LogP contribution in [0.15, 0.2) is 0 Å². The lowest BCUT2D eigenvalue weighted by atomic mass is 10.1. The van der Waals surface area contributed by atoms with E-state index in [0.717, 1.165) is 13.3 Å². The Kier molecular flexibility index (Phi) is 7.49. The molecule has 6 heteroatoms. The third kappa shape index (κ3) is 7.19. The average Bonchev–Trinajstić information content (AvgIpc) is 2.17. The zero-order valence-electron chi connectivity index (χ0n) is 9.76. The molecule has 1 aliphatic rings. The lowest BCUT2D eigenvalue weighted by molar-refractivity contribution is -0.167. The Bertz CT molecular complexity index is 223. The molecule has 0 aromatic carbocycles. The predicted molar refractivity (Wildman–Crippen MR) is 55.1 cm³/mol. The van der Waals surface area contributed by atoms with Crippen molar-refractivity contribution in [2.24, 2.45) is 0 Å². The SMILES string of the molecule is CC(=O)O.COC1CCOCC1OC(C)=O. The Morgan fingerprint density at radius 1 is 1.31 bits per heavy atom. The monoisotopic (exact) mass is 234 g/mol. The Balaban J connectivity index is 0.000000487. The second kappa shape index (κ2) is 8.06. The van der Waals surface area contributed by atoms with Crippen LogP contribution in [0, 0.1) is 0 Å². The molecule has 0 aromatic rings. The molecule has 0 spiro atoms. The molecule has 16 heavy (non-hydrogen) atoms. The molecule has 94 valence electrons. The van der Waals surface area contributed by atoms with E-state index in [1.807, 2.05) is 0 Å². The quantitative estimate of drug-likeness (QED) is 0.698. The minimum absolute atomic E-state index is 0.0114. The third-order valence-corrected chi connectivity index (χ3v) is 1.86. The number of ether oxygens (including phenoxy) is 3. The minimum Gasteiger partial charge on any atom is -0.481 e. The predicted octanol–water partition coefficient (Wildman–Crippen LogP) is 0.444. The Morgan fingerprint density at radius 2 is 1.88 bits per heavy atom. The van der Waals surface area contributed by atoms with Crippen molar-refractivity contribution in [1.82, 2.24) is 0 Å². The van der Waals surface area contributed by atoms with Gasteiger partial charge in [0.1, 0.15) is 0 Å². The highest BCUT2D eigenvalue weighted by atomic mass is 16.6. The van der Waals surface area contributed by atoms with Gasteiger partial charge in [0, 0.05) is 34.0 Å². The van der Waals surface area contributed by atoms with Crippen LogP contribution >= 0.6 is 0 Å². The van der Waals surface area contributed by atoms with E-state index in [-0.39, 0.29) is 18.2 Å². The standard InChI is InChI=1S/C8H14O4.C2H4O2/c1-6(9)12-8-5-11-4-3-7(8)10-2;1-2(3)4/h7-8H,3-5H2,1-2H3;1H3,(H,3,4). The van der Waals surface area contributed by atoms with Gasteiger partial charge >= 0.3 is 5.97 Å². The number of carbonyl (C=O) groups excluding carboxylic acids is 1. The fourth-order valence-electron chi connectivity index (χ4n) is 1.28. The molecule has 1 aliphatic heterocycles. The normalized spacial score (nSPS) is 23.9. The van der Waals surface area contributed by atoms with Crippen molar-refractivity contribution < 1.29 is 28.9 Å². The van der Waals surface area contributed by atoms with E-state index in [4.69, 9.17) is 24.1 Å². The van der Waals surface area contributed by atoms with Crippen LogP contribution in [-0.4, -0.2) is 49.6 Å². The maximum Gasteiger partial charge on any atom is 0.303 e. The van der Waals surface area contributed by atoms with Gasteiger partial charge < -0.3 is 19.3 Å². The van der Waals surface area contributed by atoms with Crippen LogP contribution in [0.5, 0.6) is 0 Å². The number of esters is 1. The highest BCUT2D eigenvalue weighted by Crippen LogP contribution is 2.14. The maximum absolute atomic E-state index is 10.6. The van der Waals surface area contributed by atoms with Crippen molar-refractivity contribution in [3.63, 3.8) is 0 Å². The van der Waals surface area contributed by atoms with Gasteiger partial charge in [-0.1, -0.05) is 0 Å². The molecular formula is C10H18O6. The van der Waals surface area contributed by atoms with Gasteiger partial charge in [0.2, 0.25) is 0 Å². The molecule has 1 rings (SSSR count). The van der Waals surface area contributed by atoms with Crippen LogP contribution in [-0.2, 0) is 23.8 Å². The van der Waals surface area contributed by atoms with Gasteiger partial charge in [0.25, 0.3) is 5.97 Å². The zero-order valence-corrected chi connectivity index (χ0v) is 9.76. The van der Waals surface area contributed by atoms with E-state index in [9.17, 15) is 4.79 Å². The van der Waals surface area contributed by atoms with E-state index in [1.54, 1.807) is 7.11 Å². The van der Waals surface area contributed by atoms with Crippen molar-refractivity contribution in [2.75, 3.05) is 20.3 Å². The molecule has 1 saturated heterocycles. The van der Waals surface area contributed by atoms with E-state index >= 15 is 0 Å². The van der Waals surface area contributed by atoms with Crippen molar-refractivity contribution in [3.05, 3.63) is 0 Å². The molecular weight excluding hydrogens is 216 g/mol. The summed E-state index contributed by atoms with van der Waals surface area (Å²) < 4.78 is 15.3. The first kappa shape index (κ1) is 14.9. The molecule has 2 unspecified atom stereocenters. The summed E-state index contributed by atoms with van der Waals surface area (Å²) in [6.45, 7) is 3.59. The highest BCUT2D eigenvalue weighted by Gasteiger charge is 2.27. The van der Waals surface area contributed by atoms with Gasteiger partial charge in [-0.25, -0.2) is 0 Å². The van der Waals surface area contributed by atoms with Crippen LogP contribution in [0.25, 0.3) is 0 Å². The number of methoxy groups -OCH3 is 1.